The van der Waals surface area contributed by atoms with Crippen molar-refractivity contribution in [2.45, 2.75) is 0 Å². The topological polar surface area (TPSA) is 46.5 Å². The van der Waals surface area contributed by atoms with Gasteiger partial charge in [0.1, 0.15) is 5.75 Å². The summed E-state index contributed by atoms with van der Waals surface area (Å²) in [5.41, 5.74) is 1.74. The third-order valence-electron chi connectivity index (χ3n) is 2.58. The van der Waals surface area contributed by atoms with E-state index in [0.717, 1.165) is 5.56 Å². The number of ether oxygens (including phenoxy) is 1. The number of carboxylic acids is 1. The molecule has 92 valence electrons. The Morgan fingerprint density at radius 3 is 2.61 bits per heavy atom. The van der Waals surface area contributed by atoms with Gasteiger partial charge < -0.3 is 9.84 Å². The van der Waals surface area contributed by atoms with Crippen LogP contribution in [-0.4, -0.2) is 18.2 Å². The smallest absolute Gasteiger partial charge is 0.335 e. The minimum atomic E-state index is -0.971. The Morgan fingerprint density at radius 1 is 1.22 bits per heavy atom. The van der Waals surface area contributed by atoms with Crippen molar-refractivity contribution in [3.05, 3.63) is 53.1 Å². The number of benzene rings is 2. The molecule has 0 aliphatic rings. The molecule has 0 bridgehead atoms. The van der Waals surface area contributed by atoms with Gasteiger partial charge in [0, 0.05) is 10.6 Å². The summed E-state index contributed by atoms with van der Waals surface area (Å²) in [5, 5.41) is 9.60. The molecule has 0 saturated carbocycles. The van der Waals surface area contributed by atoms with Crippen LogP contribution in [0.5, 0.6) is 5.75 Å². The standard InChI is InChI=1S/C14H11ClO3/c1-18-13-6-5-10(14(16)17)8-12(13)9-3-2-4-11(15)7-9/h2-8H,1H3,(H,16,17). The van der Waals surface area contributed by atoms with Crippen LogP contribution >= 0.6 is 11.6 Å². The summed E-state index contributed by atoms with van der Waals surface area (Å²) < 4.78 is 5.24. The molecule has 0 fully saturated rings. The fourth-order valence-corrected chi connectivity index (χ4v) is 1.91. The summed E-state index contributed by atoms with van der Waals surface area (Å²) in [6.07, 6.45) is 0. The largest absolute Gasteiger partial charge is 0.496 e. The zero-order valence-electron chi connectivity index (χ0n) is 9.68. The molecule has 1 N–H and O–H groups in total. The molecular formula is C14H11ClO3. The predicted molar refractivity (Wildman–Crippen MR) is 70.4 cm³/mol. The van der Waals surface area contributed by atoms with Crippen molar-refractivity contribution in [3.8, 4) is 16.9 Å². The third kappa shape index (κ3) is 2.46. The highest BCUT2D eigenvalue weighted by molar-refractivity contribution is 6.30. The molecule has 4 heteroatoms. The summed E-state index contributed by atoms with van der Waals surface area (Å²) in [4.78, 5) is 11.0. The maximum atomic E-state index is 11.0. The van der Waals surface area contributed by atoms with Crippen LogP contribution in [0, 0.1) is 0 Å². The first-order chi connectivity index (χ1) is 8.61. The molecule has 0 saturated heterocycles. The molecule has 0 heterocycles. The zero-order chi connectivity index (χ0) is 13.1. The molecule has 0 aliphatic carbocycles. The predicted octanol–water partition coefficient (Wildman–Crippen LogP) is 3.71. The van der Waals surface area contributed by atoms with Crippen LogP contribution in [0.15, 0.2) is 42.5 Å². The number of hydrogen-bond acceptors (Lipinski definition) is 2. The Hall–Kier alpha value is -2.00. The van der Waals surface area contributed by atoms with Gasteiger partial charge in [0.05, 0.1) is 12.7 Å². The van der Waals surface area contributed by atoms with Gasteiger partial charge in [-0.25, -0.2) is 4.79 Å². The van der Waals surface area contributed by atoms with Crippen LogP contribution in [0.4, 0.5) is 0 Å². The molecule has 0 unspecified atom stereocenters. The Morgan fingerprint density at radius 2 is 2.00 bits per heavy atom. The molecular weight excluding hydrogens is 252 g/mol. The molecule has 18 heavy (non-hydrogen) atoms. The molecule has 2 rings (SSSR count). The minimum Gasteiger partial charge on any atom is -0.496 e. The Labute approximate surface area is 110 Å². The second-order valence-corrected chi connectivity index (χ2v) is 4.17. The summed E-state index contributed by atoms with van der Waals surface area (Å²) in [6, 6.07) is 11.9. The summed E-state index contributed by atoms with van der Waals surface area (Å²) in [7, 11) is 1.55. The molecule has 0 spiro atoms. The third-order valence-corrected chi connectivity index (χ3v) is 2.82. The Balaban J connectivity index is 2.60. The zero-order valence-corrected chi connectivity index (χ0v) is 10.4. The summed E-state index contributed by atoms with van der Waals surface area (Å²) >= 11 is 5.94. The lowest BCUT2D eigenvalue weighted by Gasteiger charge is -2.10. The fraction of sp³-hybridized carbons (Fsp3) is 0.0714. The molecule has 0 radical (unpaired) electrons. The monoisotopic (exact) mass is 262 g/mol. The molecule has 0 aliphatic heterocycles. The van der Waals surface area contributed by atoms with E-state index in [2.05, 4.69) is 0 Å². The molecule has 2 aromatic rings. The molecule has 2 aromatic carbocycles. The lowest BCUT2D eigenvalue weighted by atomic mass is 10.0. The molecule has 0 aromatic heterocycles. The number of hydrogen-bond donors (Lipinski definition) is 1. The second-order valence-electron chi connectivity index (χ2n) is 3.73. The van der Waals surface area contributed by atoms with Gasteiger partial charge >= 0.3 is 5.97 Å². The van der Waals surface area contributed by atoms with Gasteiger partial charge in [0.2, 0.25) is 0 Å². The molecule has 0 amide bonds. The van der Waals surface area contributed by atoms with Crippen LogP contribution in [0.3, 0.4) is 0 Å². The van der Waals surface area contributed by atoms with E-state index in [-0.39, 0.29) is 5.56 Å². The van der Waals surface area contributed by atoms with E-state index in [4.69, 9.17) is 21.4 Å². The van der Waals surface area contributed by atoms with E-state index in [1.54, 1.807) is 31.4 Å². The quantitative estimate of drug-likeness (QED) is 0.917. The highest BCUT2D eigenvalue weighted by Crippen LogP contribution is 2.32. The maximum Gasteiger partial charge on any atom is 0.335 e. The highest BCUT2D eigenvalue weighted by Gasteiger charge is 2.10. The number of carbonyl (C=O) groups is 1. The van der Waals surface area contributed by atoms with E-state index in [9.17, 15) is 4.79 Å². The van der Waals surface area contributed by atoms with Gasteiger partial charge in [0.15, 0.2) is 0 Å². The van der Waals surface area contributed by atoms with Gasteiger partial charge in [-0.3, -0.25) is 0 Å². The van der Waals surface area contributed by atoms with Crippen molar-refractivity contribution in [2.75, 3.05) is 7.11 Å². The average molecular weight is 263 g/mol. The van der Waals surface area contributed by atoms with E-state index in [1.807, 2.05) is 12.1 Å². The van der Waals surface area contributed by atoms with Crippen LogP contribution in [0.1, 0.15) is 10.4 Å². The SMILES string of the molecule is COc1ccc(C(=O)O)cc1-c1cccc(Cl)c1. The summed E-state index contributed by atoms with van der Waals surface area (Å²) in [5.74, 6) is -0.358. The van der Waals surface area contributed by atoms with E-state index >= 15 is 0 Å². The Kier molecular flexibility index (Phi) is 3.53. The highest BCUT2D eigenvalue weighted by atomic mass is 35.5. The van der Waals surface area contributed by atoms with Gasteiger partial charge in [0.25, 0.3) is 0 Å². The molecule has 3 nitrogen and oxygen atoms in total. The fourth-order valence-electron chi connectivity index (χ4n) is 1.72. The normalized spacial score (nSPS) is 10.1. The first kappa shape index (κ1) is 12.5. The van der Waals surface area contributed by atoms with Crippen molar-refractivity contribution in [1.82, 2.24) is 0 Å². The minimum absolute atomic E-state index is 0.214. The van der Waals surface area contributed by atoms with E-state index in [1.165, 1.54) is 6.07 Å². The number of methoxy groups -OCH3 is 1. The second kappa shape index (κ2) is 5.10. The summed E-state index contributed by atoms with van der Waals surface area (Å²) in [6.45, 7) is 0. The van der Waals surface area contributed by atoms with Crippen molar-refractivity contribution < 1.29 is 14.6 Å². The van der Waals surface area contributed by atoms with Gasteiger partial charge in [-0.1, -0.05) is 23.7 Å². The van der Waals surface area contributed by atoms with Crippen molar-refractivity contribution in [3.63, 3.8) is 0 Å². The van der Waals surface area contributed by atoms with E-state index in [0.29, 0.717) is 16.3 Å². The van der Waals surface area contributed by atoms with Gasteiger partial charge in [-0.05, 0) is 35.9 Å². The maximum absolute atomic E-state index is 11.0. The van der Waals surface area contributed by atoms with Crippen LogP contribution < -0.4 is 4.74 Å². The first-order valence-corrected chi connectivity index (χ1v) is 5.67. The number of carboxylic acid groups (broad SMARTS) is 1. The first-order valence-electron chi connectivity index (χ1n) is 5.29. The van der Waals surface area contributed by atoms with Crippen molar-refractivity contribution in [1.29, 1.82) is 0 Å². The van der Waals surface area contributed by atoms with Gasteiger partial charge in [-0.2, -0.15) is 0 Å². The van der Waals surface area contributed by atoms with E-state index < -0.39 is 5.97 Å². The number of rotatable bonds is 3. The molecule has 0 atom stereocenters. The van der Waals surface area contributed by atoms with Crippen LogP contribution in [0.2, 0.25) is 5.02 Å². The average Bonchev–Trinajstić information content (AvgIpc) is 2.38. The van der Waals surface area contributed by atoms with Crippen LogP contribution in [0.25, 0.3) is 11.1 Å². The Bertz CT molecular complexity index is 593. The van der Waals surface area contributed by atoms with Crippen molar-refractivity contribution in [2.24, 2.45) is 0 Å². The number of aromatic carboxylic acids is 1. The number of halogens is 1. The van der Waals surface area contributed by atoms with Crippen molar-refractivity contribution >= 4 is 17.6 Å². The lowest BCUT2D eigenvalue weighted by molar-refractivity contribution is 0.0697. The van der Waals surface area contributed by atoms with Crippen LogP contribution in [-0.2, 0) is 0 Å². The lowest BCUT2D eigenvalue weighted by Crippen LogP contribution is -1.97. The van der Waals surface area contributed by atoms with Gasteiger partial charge in [-0.15, -0.1) is 0 Å².